The van der Waals surface area contributed by atoms with E-state index in [0.29, 0.717) is 63.0 Å². The van der Waals surface area contributed by atoms with Gasteiger partial charge in [-0.05, 0) is 138 Å². The Kier molecular flexibility index (Phi) is 21.5. The van der Waals surface area contributed by atoms with Gasteiger partial charge in [-0.2, -0.15) is 0 Å². The third-order valence-electron chi connectivity index (χ3n) is 17.6. The summed E-state index contributed by atoms with van der Waals surface area (Å²) in [7, 11) is 3.42. The Balaban J connectivity index is 0.989. The minimum absolute atomic E-state index is 0.0190. The Morgan fingerprint density at radius 3 is 1.19 bits per heavy atom. The highest BCUT2D eigenvalue weighted by Gasteiger charge is 2.45. The summed E-state index contributed by atoms with van der Waals surface area (Å²) >= 11 is 0. The summed E-state index contributed by atoms with van der Waals surface area (Å²) in [5, 5.41) is 35.2. The van der Waals surface area contributed by atoms with Gasteiger partial charge in [0.2, 0.25) is 23.6 Å². The molecule has 16 heteroatoms. The van der Waals surface area contributed by atoms with E-state index in [1.165, 1.54) is 0 Å². The summed E-state index contributed by atoms with van der Waals surface area (Å²) in [6, 6.07) is 30.7. The number of hydrogen-bond donors (Lipinski definition) is 6. The molecule has 4 aromatic carbocycles. The highest BCUT2D eigenvalue weighted by Crippen LogP contribution is 2.33. The minimum atomic E-state index is -0.858. The average Bonchev–Trinajstić information content (AvgIpc) is 4.07. The summed E-state index contributed by atoms with van der Waals surface area (Å²) in [6.45, 7) is 5.08. The topological polar surface area (TPSA) is 204 Å². The lowest BCUT2D eigenvalue weighted by Gasteiger charge is -2.37. The number of nitrogens with one attached hydrogen (secondary N) is 4. The number of likely N-dealkylation sites (N-methyl/N-ethyl adjacent to an activating group) is 2. The Labute approximate surface area is 473 Å². The summed E-state index contributed by atoms with van der Waals surface area (Å²) in [6.07, 6.45) is 9.58. The molecule has 80 heavy (non-hydrogen) atoms. The van der Waals surface area contributed by atoms with Crippen molar-refractivity contribution in [3.63, 3.8) is 0 Å². The molecule has 2 aliphatic heterocycles. The monoisotopic (exact) mass is 1090 g/mol. The fourth-order valence-corrected chi connectivity index (χ4v) is 12.3. The molecule has 8 rings (SSSR count). The van der Waals surface area contributed by atoms with E-state index in [9.17, 15) is 39.0 Å². The Hall–Kier alpha value is -6.46. The van der Waals surface area contributed by atoms with Crippen molar-refractivity contribution in [2.75, 3.05) is 53.4 Å². The Bertz CT molecular complexity index is 2480. The largest absolute Gasteiger partial charge is 0.391 e. The number of aliphatic hydroxyl groups excluding tert-OH is 2. The van der Waals surface area contributed by atoms with Gasteiger partial charge in [-0.15, -0.1) is 0 Å². The molecule has 0 aromatic heterocycles. The van der Waals surface area contributed by atoms with E-state index in [4.69, 9.17) is 0 Å². The van der Waals surface area contributed by atoms with Gasteiger partial charge < -0.3 is 51.1 Å². The van der Waals surface area contributed by atoms with Crippen molar-refractivity contribution in [2.24, 2.45) is 11.8 Å². The minimum Gasteiger partial charge on any atom is -0.391 e. The molecular formula is C64H86N8O8. The van der Waals surface area contributed by atoms with Crippen LogP contribution in [0, 0.1) is 11.8 Å². The predicted molar refractivity (Wildman–Crippen MR) is 310 cm³/mol. The van der Waals surface area contributed by atoms with Crippen molar-refractivity contribution in [3.8, 4) is 11.1 Å². The molecule has 4 aliphatic rings. The fourth-order valence-electron chi connectivity index (χ4n) is 12.3. The summed E-state index contributed by atoms with van der Waals surface area (Å²) in [5.74, 6) is -1.43. The zero-order valence-corrected chi connectivity index (χ0v) is 47.4. The van der Waals surface area contributed by atoms with E-state index in [-0.39, 0.29) is 60.4 Å². The lowest BCUT2D eigenvalue weighted by atomic mass is 9.83. The van der Waals surface area contributed by atoms with Crippen LogP contribution in [0.25, 0.3) is 11.1 Å². The summed E-state index contributed by atoms with van der Waals surface area (Å²) in [5.41, 5.74) is 4.65. The highest BCUT2D eigenvalue weighted by atomic mass is 16.3. The van der Waals surface area contributed by atoms with E-state index in [2.05, 4.69) is 21.3 Å². The second-order valence-corrected chi connectivity index (χ2v) is 22.8. The van der Waals surface area contributed by atoms with E-state index >= 15 is 0 Å². The molecule has 2 heterocycles. The SMILES string of the molecule is CN[C@@H](C)C(=O)N[C@H](C(=O)N1CC[C@H](O)[C@H]1CN(CCc1ccccc1)C(=O)c1ccc(-c2ccc(C(=O)N(CCc3ccccc3)C[C@@H]3[C@@H](O)CCN3C(=O)[C@@H](NC(=O)[C@H](C)NC)C3CCCCC3)cc2)cc1)C1CCCCC1. The van der Waals surface area contributed by atoms with Crippen molar-refractivity contribution < 1.29 is 39.0 Å². The lowest BCUT2D eigenvalue weighted by molar-refractivity contribution is -0.140. The number of rotatable bonds is 23. The molecule has 16 nitrogen and oxygen atoms in total. The number of carbonyl (C=O) groups excluding carboxylic acids is 6. The van der Waals surface area contributed by atoms with Crippen LogP contribution < -0.4 is 21.3 Å². The van der Waals surface area contributed by atoms with E-state index in [0.717, 1.165) is 86.5 Å². The van der Waals surface area contributed by atoms with Crippen LogP contribution in [0.4, 0.5) is 0 Å². The van der Waals surface area contributed by atoms with Crippen molar-refractivity contribution in [1.29, 1.82) is 0 Å². The normalized spacial score (nSPS) is 21.3. The van der Waals surface area contributed by atoms with E-state index < -0.39 is 48.5 Å². The second kappa shape index (κ2) is 28.8. The lowest BCUT2D eigenvalue weighted by Crippen LogP contribution is -2.58. The maximum atomic E-state index is 14.7. The first kappa shape index (κ1) is 59.7. The summed E-state index contributed by atoms with van der Waals surface area (Å²) in [4.78, 5) is 92.1. The maximum Gasteiger partial charge on any atom is 0.253 e. The summed E-state index contributed by atoms with van der Waals surface area (Å²) < 4.78 is 0. The highest BCUT2D eigenvalue weighted by molar-refractivity contribution is 5.96. The van der Waals surface area contributed by atoms with Crippen molar-refractivity contribution >= 4 is 35.4 Å². The number of aliphatic hydroxyl groups is 2. The number of hydrogen-bond acceptors (Lipinski definition) is 10. The van der Waals surface area contributed by atoms with Crippen LogP contribution in [0.1, 0.15) is 123 Å². The standard InChI is InChI=1S/C64H86N8O8/c1-43(65-3)59(75)67-57(49-21-13-7-14-22-49)63(79)71-39-35-55(73)53(71)41-69(37-33-45-17-9-5-10-18-45)61(77)51-29-25-47(26-30-51)48-27-31-52(32-28-48)62(78)70(38-34-46-19-11-6-12-20-46)42-54-56(74)36-40-72(54)64(80)58(50-23-15-8-16-24-50)68-60(76)44(2)66-4/h5-6,9-12,17-20,25-32,43-44,49-50,53-58,65-66,73-74H,7-8,13-16,21-24,33-42H2,1-4H3,(H,67,75)(H,68,76)/t43-,44-,53+,54+,55-,56-,57-,58-/m0/s1. The van der Waals surface area contributed by atoms with E-state index in [1.807, 2.05) is 84.9 Å². The molecule has 2 saturated carbocycles. The fraction of sp³-hybridized carbons (Fsp3) is 0.531. The van der Waals surface area contributed by atoms with Gasteiger partial charge >= 0.3 is 0 Å². The molecule has 6 amide bonds. The number of carbonyl (C=O) groups is 6. The smallest absolute Gasteiger partial charge is 0.253 e. The zero-order valence-electron chi connectivity index (χ0n) is 47.4. The van der Waals surface area contributed by atoms with Crippen LogP contribution in [0.2, 0.25) is 0 Å². The van der Waals surface area contributed by atoms with Crippen LogP contribution in [0.15, 0.2) is 109 Å². The number of nitrogens with zero attached hydrogens (tertiary/aromatic N) is 4. The molecule has 2 aliphatic carbocycles. The van der Waals surface area contributed by atoms with Gasteiger partial charge in [0.25, 0.3) is 11.8 Å². The van der Waals surface area contributed by atoms with Crippen molar-refractivity contribution in [3.05, 3.63) is 131 Å². The van der Waals surface area contributed by atoms with Gasteiger partial charge in [0.1, 0.15) is 12.1 Å². The first-order valence-corrected chi connectivity index (χ1v) is 29.5. The van der Waals surface area contributed by atoms with Crippen LogP contribution in [0.3, 0.4) is 0 Å². The molecule has 0 bridgehead atoms. The van der Waals surface area contributed by atoms with Gasteiger partial charge in [0, 0.05) is 50.4 Å². The molecule has 0 spiro atoms. The molecule has 0 radical (unpaired) electrons. The average molecular weight is 1100 g/mol. The van der Waals surface area contributed by atoms with Gasteiger partial charge in [-0.1, -0.05) is 123 Å². The van der Waals surface area contributed by atoms with Crippen molar-refractivity contribution in [1.82, 2.24) is 40.9 Å². The third-order valence-corrected chi connectivity index (χ3v) is 17.6. The molecule has 4 fully saturated rings. The van der Waals surface area contributed by atoms with Crippen LogP contribution in [-0.2, 0) is 32.0 Å². The molecule has 6 N–H and O–H groups in total. The first-order valence-electron chi connectivity index (χ1n) is 29.5. The number of amides is 6. The molecule has 430 valence electrons. The van der Waals surface area contributed by atoms with E-state index in [1.54, 1.807) is 71.8 Å². The number of benzene rings is 4. The quantitative estimate of drug-likeness (QED) is 0.0512. The van der Waals surface area contributed by atoms with Crippen LogP contribution in [0.5, 0.6) is 0 Å². The molecule has 2 saturated heterocycles. The molecular weight excluding hydrogens is 1010 g/mol. The third kappa shape index (κ3) is 15.1. The van der Waals surface area contributed by atoms with Gasteiger partial charge in [-0.25, -0.2) is 0 Å². The number of likely N-dealkylation sites (tertiary alicyclic amines) is 2. The molecule has 4 aromatic rings. The van der Waals surface area contributed by atoms with Gasteiger partial charge in [0.15, 0.2) is 0 Å². The van der Waals surface area contributed by atoms with Crippen LogP contribution >= 0.6 is 0 Å². The molecule has 0 unspecified atom stereocenters. The second-order valence-electron chi connectivity index (χ2n) is 22.8. The predicted octanol–water partition coefficient (Wildman–Crippen LogP) is 5.99. The van der Waals surface area contributed by atoms with Crippen LogP contribution in [-0.4, -0.2) is 167 Å². The molecule has 8 atom stereocenters. The zero-order chi connectivity index (χ0) is 56.7. The maximum absolute atomic E-state index is 14.7. The van der Waals surface area contributed by atoms with Gasteiger partial charge in [-0.3, -0.25) is 28.8 Å². The van der Waals surface area contributed by atoms with Gasteiger partial charge in [0.05, 0.1) is 36.4 Å². The van der Waals surface area contributed by atoms with Crippen molar-refractivity contribution in [2.45, 2.75) is 152 Å². The Morgan fingerprint density at radius 1 is 0.500 bits per heavy atom. The first-order chi connectivity index (χ1) is 38.7. The Morgan fingerprint density at radius 2 is 0.850 bits per heavy atom.